The van der Waals surface area contributed by atoms with Crippen molar-refractivity contribution >= 4 is 0 Å². The highest BCUT2D eigenvalue weighted by Crippen LogP contribution is 2.30. The minimum atomic E-state index is -0.481. The van der Waals surface area contributed by atoms with E-state index in [0.717, 1.165) is 0 Å². The van der Waals surface area contributed by atoms with Gasteiger partial charge in [-0.3, -0.25) is 14.3 Å². The number of aromatic amines is 1. The van der Waals surface area contributed by atoms with Gasteiger partial charge in [-0.25, -0.2) is 4.79 Å². The number of nitrogens with one attached hydrogen (secondary N) is 1. The Bertz CT molecular complexity index is 579. The molecule has 0 bridgehead atoms. The molecule has 1 aliphatic heterocycles. The highest BCUT2D eigenvalue weighted by Gasteiger charge is 2.39. The van der Waals surface area contributed by atoms with Crippen LogP contribution in [-0.2, 0) is 9.47 Å². The lowest BCUT2D eigenvalue weighted by atomic mass is 9.90. The fraction of sp³-hybridized carbons (Fsp3) is 0.692. The molecule has 2 N–H and O–H groups in total. The number of ether oxygens (including phenoxy) is 2. The molecule has 1 fully saturated rings. The molecule has 7 nitrogen and oxygen atoms in total. The van der Waals surface area contributed by atoms with Crippen molar-refractivity contribution in [2.24, 2.45) is 5.92 Å². The monoisotopic (exact) mass is 284 g/mol. The van der Waals surface area contributed by atoms with Crippen LogP contribution in [0.1, 0.15) is 18.5 Å². The molecule has 1 aliphatic rings. The van der Waals surface area contributed by atoms with Gasteiger partial charge < -0.3 is 14.6 Å². The highest BCUT2D eigenvalue weighted by molar-refractivity contribution is 5.03. The van der Waals surface area contributed by atoms with Gasteiger partial charge in [-0.05, 0) is 6.92 Å². The van der Waals surface area contributed by atoms with Crippen molar-refractivity contribution in [1.29, 1.82) is 0 Å². The van der Waals surface area contributed by atoms with E-state index in [9.17, 15) is 14.7 Å². The third-order valence-electron chi connectivity index (χ3n) is 3.92. The first-order chi connectivity index (χ1) is 9.49. The van der Waals surface area contributed by atoms with E-state index in [1.54, 1.807) is 14.0 Å². The van der Waals surface area contributed by atoms with Gasteiger partial charge in [0.05, 0.1) is 31.5 Å². The zero-order chi connectivity index (χ0) is 14.9. The normalized spacial score (nSPS) is 30.4. The number of rotatable bonds is 3. The molecule has 1 saturated heterocycles. The number of hydrogen-bond donors (Lipinski definition) is 2. The van der Waals surface area contributed by atoms with Gasteiger partial charge in [0.15, 0.2) is 0 Å². The molecule has 0 spiro atoms. The van der Waals surface area contributed by atoms with E-state index in [1.807, 2.05) is 6.92 Å². The van der Waals surface area contributed by atoms with E-state index < -0.39 is 11.2 Å². The lowest BCUT2D eigenvalue weighted by Gasteiger charge is -2.40. The summed E-state index contributed by atoms with van der Waals surface area (Å²) < 4.78 is 12.5. The molecule has 0 amide bonds. The van der Waals surface area contributed by atoms with E-state index in [2.05, 4.69) is 4.98 Å². The number of nitrogens with zero attached hydrogens (tertiary/aromatic N) is 1. The molecule has 112 valence electrons. The maximum atomic E-state index is 12.0. The lowest BCUT2D eigenvalue weighted by Crippen LogP contribution is -2.50. The van der Waals surface area contributed by atoms with Crippen LogP contribution >= 0.6 is 0 Å². The second-order valence-electron chi connectivity index (χ2n) is 5.16. The third-order valence-corrected chi connectivity index (χ3v) is 3.92. The minimum absolute atomic E-state index is 0.0668. The number of aromatic nitrogens is 2. The Morgan fingerprint density at radius 3 is 2.85 bits per heavy atom. The van der Waals surface area contributed by atoms with Crippen molar-refractivity contribution in [1.82, 2.24) is 9.55 Å². The van der Waals surface area contributed by atoms with Crippen LogP contribution in [0, 0.1) is 12.8 Å². The molecular formula is C13H20N2O5. The zero-order valence-electron chi connectivity index (χ0n) is 11.8. The molecule has 4 atom stereocenters. The van der Waals surface area contributed by atoms with Gasteiger partial charge in [-0.2, -0.15) is 0 Å². The highest BCUT2D eigenvalue weighted by atomic mass is 16.5. The average Bonchev–Trinajstić information content (AvgIpc) is 2.42. The zero-order valence-corrected chi connectivity index (χ0v) is 11.8. The summed E-state index contributed by atoms with van der Waals surface area (Å²) in [6.45, 7) is 3.71. The molecule has 2 heterocycles. The average molecular weight is 284 g/mol. The van der Waals surface area contributed by atoms with Crippen LogP contribution in [0.25, 0.3) is 0 Å². The second-order valence-corrected chi connectivity index (χ2v) is 5.16. The van der Waals surface area contributed by atoms with Crippen LogP contribution in [0.15, 0.2) is 15.8 Å². The smallest absolute Gasteiger partial charge is 0.328 e. The van der Waals surface area contributed by atoms with Crippen LogP contribution in [0.3, 0.4) is 0 Å². The SMILES string of the molecule is CO[C@@H]1[C@H](C)C(CO)OC[C@H]1n1cc(C)c(=O)[nH]c1=O. The maximum Gasteiger partial charge on any atom is 0.328 e. The maximum absolute atomic E-state index is 12.0. The standard InChI is InChI=1S/C13H20N2O5/c1-7-4-15(13(18)14-12(7)17)9-6-20-10(5-16)8(2)11(9)19-3/h4,8-11,16H,5-6H2,1-3H3,(H,14,17,18)/t8-,9-,10?,11-/m1/s1. The number of aliphatic hydroxyl groups excluding tert-OH is 1. The summed E-state index contributed by atoms with van der Waals surface area (Å²) in [5.74, 6) is -0.0668. The van der Waals surface area contributed by atoms with Crippen molar-refractivity contribution < 1.29 is 14.6 Å². The molecule has 0 radical (unpaired) electrons. The summed E-state index contributed by atoms with van der Waals surface area (Å²) in [6, 6.07) is -0.333. The van der Waals surface area contributed by atoms with Gasteiger partial charge in [0.25, 0.3) is 5.56 Å². The van der Waals surface area contributed by atoms with Crippen LogP contribution < -0.4 is 11.2 Å². The largest absolute Gasteiger partial charge is 0.394 e. The van der Waals surface area contributed by atoms with E-state index in [1.165, 1.54) is 10.8 Å². The fourth-order valence-electron chi connectivity index (χ4n) is 2.69. The Labute approximate surface area is 116 Å². The Hall–Kier alpha value is -1.44. The third kappa shape index (κ3) is 2.56. The van der Waals surface area contributed by atoms with Crippen molar-refractivity contribution in [3.05, 3.63) is 32.6 Å². The lowest BCUT2D eigenvalue weighted by molar-refractivity contribution is -0.142. The quantitative estimate of drug-likeness (QED) is 0.775. The number of aliphatic hydroxyl groups is 1. The van der Waals surface area contributed by atoms with Gasteiger partial charge in [0.1, 0.15) is 0 Å². The summed E-state index contributed by atoms with van der Waals surface area (Å²) >= 11 is 0. The molecule has 0 aromatic carbocycles. The summed E-state index contributed by atoms with van der Waals surface area (Å²) in [5, 5.41) is 9.27. The molecule has 1 aromatic heterocycles. The number of hydrogen-bond acceptors (Lipinski definition) is 5. The summed E-state index contributed by atoms with van der Waals surface area (Å²) in [7, 11) is 1.57. The molecule has 0 aliphatic carbocycles. The molecule has 1 unspecified atom stereocenters. The first kappa shape index (κ1) is 15.0. The molecule has 1 aromatic rings. The Morgan fingerprint density at radius 2 is 2.25 bits per heavy atom. The van der Waals surface area contributed by atoms with Crippen LogP contribution in [0.5, 0.6) is 0 Å². The van der Waals surface area contributed by atoms with Crippen molar-refractivity contribution in [3.63, 3.8) is 0 Å². The molecule has 7 heteroatoms. The molecule has 0 saturated carbocycles. The molecule has 20 heavy (non-hydrogen) atoms. The summed E-state index contributed by atoms with van der Waals surface area (Å²) in [5.41, 5.74) is -0.416. The van der Waals surface area contributed by atoms with Crippen LogP contribution in [0.2, 0.25) is 0 Å². The van der Waals surface area contributed by atoms with Crippen LogP contribution in [0.4, 0.5) is 0 Å². The molecule has 2 rings (SSSR count). The Kier molecular flexibility index (Phi) is 4.42. The van der Waals surface area contributed by atoms with Gasteiger partial charge in [-0.1, -0.05) is 6.92 Å². The molecular weight excluding hydrogens is 264 g/mol. The summed E-state index contributed by atoms with van der Waals surface area (Å²) in [6.07, 6.45) is 0.937. The predicted molar refractivity (Wildman–Crippen MR) is 71.9 cm³/mol. The van der Waals surface area contributed by atoms with Crippen LogP contribution in [-0.4, -0.2) is 47.2 Å². The van der Waals surface area contributed by atoms with Gasteiger partial charge in [-0.15, -0.1) is 0 Å². The Balaban J connectivity index is 2.39. The predicted octanol–water partition coefficient (Wildman–Crippen LogP) is -0.572. The van der Waals surface area contributed by atoms with Gasteiger partial charge >= 0.3 is 5.69 Å². The topological polar surface area (TPSA) is 93.5 Å². The number of methoxy groups -OCH3 is 1. The van der Waals surface area contributed by atoms with E-state index >= 15 is 0 Å². The second kappa shape index (κ2) is 5.90. The van der Waals surface area contributed by atoms with Gasteiger partial charge in [0, 0.05) is 24.8 Å². The number of H-pyrrole nitrogens is 1. The van der Waals surface area contributed by atoms with Gasteiger partial charge in [0.2, 0.25) is 0 Å². The van der Waals surface area contributed by atoms with E-state index in [-0.39, 0.29) is 37.4 Å². The summed E-state index contributed by atoms with van der Waals surface area (Å²) in [4.78, 5) is 25.7. The first-order valence-electron chi connectivity index (χ1n) is 6.57. The Morgan fingerprint density at radius 1 is 1.55 bits per heavy atom. The van der Waals surface area contributed by atoms with Crippen molar-refractivity contribution in [2.75, 3.05) is 20.3 Å². The van der Waals surface area contributed by atoms with E-state index in [4.69, 9.17) is 9.47 Å². The van der Waals surface area contributed by atoms with E-state index in [0.29, 0.717) is 5.56 Å². The van der Waals surface area contributed by atoms with Crippen molar-refractivity contribution in [3.8, 4) is 0 Å². The fourth-order valence-corrected chi connectivity index (χ4v) is 2.69. The van der Waals surface area contributed by atoms with Crippen molar-refractivity contribution in [2.45, 2.75) is 32.1 Å². The minimum Gasteiger partial charge on any atom is -0.394 e. The first-order valence-corrected chi connectivity index (χ1v) is 6.57. The number of aryl methyl sites for hydroxylation is 1.